The van der Waals surface area contributed by atoms with E-state index in [9.17, 15) is 0 Å². The number of hydrogen-bond acceptors (Lipinski definition) is 5. The number of pyridine rings is 1. The molecule has 0 spiro atoms. The lowest BCUT2D eigenvalue weighted by Gasteiger charge is -2.34. The molecule has 0 aliphatic carbocycles. The Hall–Kier alpha value is -1.46. The molecular formula is C20H34IN7O. The molecule has 8 nitrogen and oxygen atoms in total. The van der Waals surface area contributed by atoms with Gasteiger partial charge in [0, 0.05) is 52.4 Å². The first kappa shape index (κ1) is 23.8. The first-order chi connectivity index (χ1) is 13.7. The average molecular weight is 515 g/mol. The van der Waals surface area contributed by atoms with Crippen LogP contribution in [-0.2, 0) is 11.2 Å². The topological polar surface area (TPSA) is 79.1 Å². The summed E-state index contributed by atoms with van der Waals surface area (Å²) in [5.74, 6) is 2.49. The second-order valence-corrected chi connectivity index (χ2v) is 7.67. The molecule has 1 atom stereocenters. The van der Waals surface area contributed by atoms with E-state index < -0.39 is 0 Å². The van der Waals surface area contributed by atoms with Gasteiger partial charge in [-0.2, -0.15) is 0 Å². The summed E-state index contributed by atoms with van der Waals surface area (Å²) in [6, 6.07) is 5.94. The number of aromatic nitrogens is 3. The molecule has 2 aromatic heterocycles. The molecule has 2 N–H and O–H groups in total. The van der Waals surface area contributed by atoms with Crippen molar-refractivity contribution in [3.05, 3.63) is 30.2 Å². The number of guanidine groups is 1. The van der Waals surface area contributed by atoms with Crippen molar-refractivity contribution >= 4 is 35.6 Å². The fourth-order valence-electron chi connectivity index (χ4n) is 3.53. The molecule has 29 heavy (non-hydrogen) atoms. The van der Waals surface area contributed by atoms with Crippen molar-refractivity contribution < 1.29 is 4.74 Å². The zero-order valence-electron chi connectivity index (χ0n) is 17.7. The second kappa shape index (κ2) is 12.3. The van der Waals surface area contributed by atoms with E-state index in [2.05, 4.69) is 44.6 Å². The molecule has 0 radical (unpaired) electrons. The number of rotatable bonds is 8. The van der Waals surface area contributed by atoms with E-state index in [1.807, 2.05) is 28.8 Å². The van der Waals surface area contributed by atoms with Crippen molar-refractivity contribution in [2.45, 2.75) is 32.8 Å². The Morgan fingerprint density at radius 1 is 1.31 bits per heavy atom. The summed E-state index contributed by atoms with van der Waals surface area (Å²) < 4.78 is 7.93. The third-order valence-electron chi connectivity index (χ3n) is 4.82. The van der Waals surface area contributed by atoms with Gasteiger partial charge >= 0.3 is 0 Å². The monoisotopic (exact) mass is 515 g/mol. The van der Waals surface area contributed by atoms with Gasteiger partial charge in [0.1, 0.15) is 5.82 Å². The minimum absolute atomic E-state index is 0. The van der Waals surface area contributed by atoms with E-state index in [-0.39, 0.29) is 30.1 Å². The van der Waals surface area contributed by atoms with Crippen LogP contribution in [0.15, 0.2) is 29.4 Å². The smallest absolute Gasteiger partial charge is 0.191 e. The van der Waals surface area contributed by atoms with Crippen LogP contribution in [0, 0.1) is 5.92 Å². The van der Waals surface area contributed by atoms with Gasteiger partial charge in [-0.1, -0.05) is 19.9 Å². The highest BCUT2D eigenvalue weighted by Crippen LogP contribution is 2.07. The molecule has 1 aliphatic heterocycles. The zero-order valence-corrected chi connectivity index (χ0v) is 20.0. The van der Waals surface area contributed by atoms with Crippen molar-refractivity contribution in [2.75, 3.05) is 46.4 Å². The van der Waals surface area contributed by atoms with Crippen molar-refractivity contribution in [1.82, 2.24) is 30.1 Å². The molecule has 1 saturated heterocycles. The van der Waals surface area contributed by atoms with E-state index in [4.69, 9.17) is 4.74 Å². The lowest BCUT2D eigenvalue weighted by molar-refractivity contribution is -0.0284. The molecule has 162 valence electrons. The average Bonchev–Trinajstić information content (AvgIpc) is 3.10. The number of nitrogens with zero attached hydrogens (tertiary/aromatic N) is 5. The van der Waals surface area contributed by atoms with Gasteiger partial charge in [0.25, 0.3) is 0 Å². The maximum absolute atomic E-state index is 5.90. The number of nitrogens with one attached hydrogen (secondary N) is 2. The van der Waals surface area contributed by atoms with E-state index in [0.29, 0.717) is 5.92 Å². The van der Waals surface area contributed by atoms with E-state index >= 15 is 0 Å². The van der Waals surface area contributed by atoms with E-state index in [1.165, 1.54) is 0 Å². The van der Waals surface area contributed by atoms with Crippen molar-refractivity contribution in [2.24, 2.45) is 10.9 Å². The fourth-order valence-corrected chi connectivity index (χ4v) is 3.53. The Morgan fingerprint density at radius 3 is 2.97 bits per heavy atom. The number of aryl methyl sites for hydroxylation is 1. The first-order valence-electron chi connectivity index (χ1n) is 10.2. The lowest BCUT2D eigenvalue weighted by Crippen LogP contribution is -2.50. The van der Waals surface area contributed by atoms with Crippen LogP contribution in [-0.4, -0.2) is 77.9 Å². The normalized spacial score (nSPS) is 18.1. The highest BCUT2D eigenvalue weighted by Gasteiger charge is 2.21. The van der Waals surface area contributed by atoms with Crippen LogP contribution in [0.3, 0.4) is 0 Å². The van der Waals surface area contributed by atoms with Gasteiger partial charge in [0.15, 0.2) is 11.6 Å². The molecule has 0 saturated carbocycles. The molecule has 3 heterocycles. The summed E-state index contributed by atoms with van der Waals surface area (Å²) in [7, 11) is 1.80. The van der Waals surface area contributed by atoms with E-state index in [1.54, 1.807) is 7.05 Å². The Labute approximate surface area is 190 Å². The molecule has 0 amide bonds. The largest absolute Gasteiger partial charge is 0.374 e. The van der Waals surface area contributed by atoms with Crippen LogP contribution in [0.5, 0.6) is 0 Å². The molecule has 2 aromatic rings. The van der Waals surface area contributed by atoms with Gasteiger partial charge in [0.05, 0.1) is 12.7 Å². The van der Waals surface area contributed by atoms with Crippen LogP contribution in [0.1, 0.15) is 26.1 Å². The quantitative estimate of drug-likeness (QED) is 0.242. The highest BCUT2D eigenvalue weighted by molar-refractivity contribution is 14.0. The molecule has 9 heteroatoms. The fraction of sp³-hybridized carbons (Fsp3) is 0.650. The van der Waals surface area contributed by atoms with Crippen molar-refractivity contribution in [1.29, 1.82) is 0 Å². The van der Waals surface area contributed by atoms with Crippen LogP contribution >= 0.6 is 24.0 Å². The Balaban J connectivity index is 0.00000300. The van der Waals surface area contributed by atoms with Gasteiger partial charge < -0.3 is 15.4 Å². The van der Waals surface area contributed by atoms with Crippen LogP contribution in [0.4, 0.5) is 0 Å². The Kier molecular flexibility index (Phi) is 10.1. The maximum atomic E-state index is 5.90. The Bertz CT molecular complexity index is 764. The predicted octanol–water partition coefficient (Wildman–Crippen LogP) is 1.80. The van der Waals surface area contributed by atoms with Crippen LogP contribution < -0.4 is 10.6 Å². The number of aliphatic imine (C=N–C) groups is 1. The number of morpholine rings is 1. The van der Waals surface area contributed by atoms with Gasteiger partial charge in [-0.15, -0.1) is 34.2 Å². The van der Waals surface area contributed by atoms with Gasteiger partial charge in [-0.25, -0.2) is 0 Å². The number of ether oxygens (including phenoxy) is 1. The number of halogens is 1. The summed E-state index contributed by atoms with van der Waals surface area (Å²) in [6.07, 6.45) is 4.03. The minimum atomic E-state index is 0. The van der Waals surface area contributed by atoms with Crippen molar-refractivity contribution in [3.8, 4) is 0 Å². The molecule has 3 rings (SSSR count). The molecule has 1 unspecified atom stereocenters. The summed E-state index contributed by atoms with van der Waals surface area (Å²) in [4.78, 5) is 6.80. The molecule has 0 bridgehead atoms. The summed E-state index contributed by atoms with van der Waals surface area (Å²) in [5.41, 5.74) is 0.891. The Morgan fingerprint density at radius 2 is 2.17 bits per heavy atom. The summed E-state index contributed by atoms with van der Waals surface area (Å²) in [6.45, 7) is 10.0. The third-order valence-corrected chi connectivity index (χ3v) is 4.82. The zero-order chi connectivity index (χ0) is 19.8. The first-order valence-corrected chi connectivity index (χ1v) is 10.2. The third kappa shape index (κ3) is 7.38. The van der Waals surface area contributed by atoms with Crippen LogP contribution in [0.25, 0.3) is 5.65 Å². The summed E-state index contributed by atoms with van der Waals surface area (Å²) >= 11 is 0. The highest BCUT2D eigenvalue weighted by atomic mass is 127. The van der Waals surface area contributed by atoms with E-state index in [0.717, 1.165) is 69.6 Å². The minimum Gasteiger partial charge on any atom is -0.374 e. The molecule has 1 fully saturated rings. The standard InChI is InChI=1S/C20H33N7O.HI/c1-16(2)14-26-11-12-28-17(15-26)13-23-20(21-3)22-9-6-8-19-25-24-18-7-4-5-10-27(18)19;/h4-5,7,10,16-17H,6,8-9,11-15H2,1-3H3,(H2,21,22,23);1H. The van der Waals surface area contributed by atoms with Gasteiger partial charge in [-0.05, 0) is 24.5 Å². The molecule has 1 aliphatic rings. The number of fused-ring (bicyclic) bond motifs is 1. The second-order valence-electron chi connectivity index (χ2n) is 7.67. The maximum Gasteiger partial charge on any atom is 0.191 e. The number of hydrogen-bond donors (Lipinski definition) is 2. The molecular weight excluding hydrogens is 481 g/mol. The SMILES string of the molecule is CN=C(NCCCc1nnc2ccccn12)NCC1CN(CC(C)C)CCO1.I. The molecule has 0 aromatic carbocycles. The van der Waals surface area contributed by atoms with Crippen molar-refractivity contribution in [3.63, 3.8) is 0 Å². The predicted molar refractivity (Wildman–Crippen MR) is 127 cm³/mol. The van der Waals surface area contributed by atoms with Crippen LogP contribution in [0.2, 0.25) is 0 Å². The van der Waals surface area contributed by atoms with Gasteiger partial charge in [-0.3, -0.25) is 14.3 Å². The van der Waals surface area contributed by atoms with Gasteiger partial charge in [0.2, 0.25) is 0 Å². The lowest BCUT2D eigenvalue weighted by atomic mass is 10.2. The summed E-state index contributed by atoms with van der Waals surface area (Å²) in [5, 5.41) is 15.2.